The highest BCUT2D eigenvalue weighted by atomic mass is 31.2. The van der Waals surface area contributed by atoms with Crippen molar-refractivity contribution < 1.29 is 33.7 Å². The van der Waals surface area contributed by atoms with Crippen LogP contribution in [0.1, 0.15) is 18.1 Å². The first-order chi connectivity index (χ1) is 10.3. The standard InChI is InChI=1S/C13H20NO7P/c1-3-19-12(15)8-14-13(16)22(17,18)21-20-9-11-6-4-10(2)5-7-11/h4-7,13-14,16H,3,8-9H2,1-2H3,(H,17,18). The molecule has 1 aromatic rings. The van der Waals surface area contributed by atoms with Crippen molar-refractivity contribution in [3.8, 4) is 0 Å². The SMILES string of the molecule is CCOC(=O)CNC(O)P(=O)(O)OOCc1ccc(C)cc1. The van der Waals surface area contributed by atoms with Crippen LogP contribution in [-0.4, -0.2) is 35.1 Å². The first-order valence-corrected chi connectivity index (χ1v) is 8.26. The first-order valence-electron chi connectivity index (χ1n) is 6.61. The number of hydrogen-bond donors (Lipinski definition) is 3. The van der Waals surface area contributed by atoms with Crippen LogP contribution in [0.25, 0.3) is 0 Å². The molecule has 9 heteroatoms. The lowest BCUT2D eigenvalue weighted by atomic mass is 10.2. The Balaban J connectivity index is 2.37. The fraction of sp³-hybridized carbons (Fsp3) is 0.462. The Kier molecular flexibility index (Phi) is 7.67. The predicted molar refractivity (Wildman–Crippen MR) is 77.5 cm³/mol. The minimum Gasteiger partial charge on any atom is -0.465 e. The van der Waals surface area contributed by atoms with Gasteiger partial charge >= 0.3 is 13.6 Å². The van der Waals surface area contributed by atoms with Crippen LogP contribution in [-0.2, 0) is 30.3 Å². The van der Waals surface area contributed by atoms with Gasteiger partial charge in [-0.25, -0.2) is 4.89 Å². The number of esters is 1. The molecule has 0 amide bonds. The van der Waals surface area contributed by atoms with Crippen LogP contribution in [0.3, 0.4) is 0 Å². The van der Waals surface area contributed by atoms with Crippen LogP contribution in [0.5, 0.6) is 0 Å². The van der Waals surface area contributed by atoms with Crippen LogP contribution < -0.4 is 5.32 Å². The Morgan fingerprint density at radius 2 is 2.00 bits per heavy atom. The van der Waals surface area contributed by atoms with Gasteiger partial charge in [-0.2, -0.15) is 0 Å². The number of hydrogen-bond acceptors (Lipinski definition) is 7. The molecule has 0 fully saturated rings. The van der Waals surface area contributed by atoms with Gasteiger partial charge in [-0.3, -0.25) is 14.7 Å². The molecule has 22 heavy (non-hydrogen) atoms. The molecule has 0 aliphatic heterocycles. The highest BCUT2D eigenvalue weighted by Crippen LogP contribution is 2.45. The summed E-state index contributed by atoms with van der Waals surface area (Å²) < 4.78 is 20.6. The third kappa shape index (κ3) is 6.65. The molecule has 0 bridgehead atoms. The predicted octanol–water partition coefficient (Wildman–Crippen LogP) is 1.06. The number of nitrogens with one attached hydrogen (secondary N) is 1. The van der Waals surface area contributed by atoms with Gasteiger partial charge in [0, 0.05) is 0 Å². The minimum absolute atomic E-state index is 0.0601. The maximum atomic E-state index is 11.7. The molecule has 1 rings (SSSR count). The van der Waals surface area contributed by atoms with Crippen LogP contribution in [0, 0.1) is 6.92 Å². The lowest BCUT2D eigenvalue weighted by Crippen LogP contribution is -2.34. The topological polar surface area (TPSA) is 114 Å². The number of aryl methyl sites for hydroxylation is 1. The van der Waals surface area contributed by atoms with E-state index in [1.54, 1.807) is 19.1 Å². The van der Waals surface area contributed by atoms with Crippen molar-refractivity contribution >= 4 is 13.6 Å². The lowest BCUT2D eigenvalue weighted by molar-refractivity contribution is -0.227. The smallest absolute Gasteiger partial charge is 0.397 e. The summed E-state index contributed by atoms with van der Waals surface area (Å²) in [7, 11) is -4.49. The summed E-state index contributed by atoms with van der Waals surface area (Å²) in [6.07, 6.45) is 0. The van der Waals surface area contributed by atoms with E-state index in [1.807, 2.05) is 19.1 Å². The van der Waals surface area contributed by atoms with Crippen LogP contribution in [0.2, 0.25) is 0 Å². The average molecular weight is 333 g/mol. The number of carbonyl (C=O) groups excluding carboxylic acids is 1. The van der Waals surface area contributed by atoms with E-state index < -0.39 is 26.1 Å². The molecule has 0 saturated carbocycles. The number of aliphatic hydroxyl groups is 1. The summed E-state index contributed by atoms with van der Waals surface area (Å²) >= 11 is 0. The Bertz CT molecular complexity index is 520. The molecule has 1 aromatic carbocycles. The van der Waals surface area contributed by atoms with Crippen molar-refractivity contribution in [2.45, 2.75) is 26.4 Å². The Morgan fingerprint density at radius 1 is 1.36 bits per heavy atom. The zero-order valence-electron chi connectivity index (χ0n) is 12.4. The maximum Gasteiger partial charge on any atom is 0.397 e. The zero-order chi connectivity index (χ0) is 16.6. The molecule has 2 unspecified atom stereocenters. The molecular formula is C13H20NO7P. The Labute approximate surface area is 128 Å². The van der Waals surface area contributed by atoms with Crippen molar-refractivity contribution in [1.29, 1.82) is 0 Å². The van der Waals surface area contributed by atoms with Crippen molar-refractivity contribution in [3.05, 3.63) is 35.4 Å². The number of carbonyl (C=O) groups is 1. The van der Waals surface area contributed by atoms with Crippen LogP contribution >= 0.6 is 7.60 Å². The van der Waals surface area contributed by atoms with Gasteiger partial charge in [-0.1, -0.05) is 29.8 Å². The molecule has 0 saturated heterocycles. The van der Waals surface area contributed by atoms with E-state index in [0.29, 0.717) is 0 Å². The average Bonchev–Trinajstić information content (AvgIpc) is 2.47. The maximum absolute atomic E-state index is 11.7. The third-order valence-corrected chi connectivity index (χ3v) is 3.67. The van der Waals surface area contributed by atoms with Gasteiger partial charge < -0.3 is 14.7 Å². The largest absolute Gasteiger partial charge is 0.465 e. The van der Waals surface area contributed by atoms with Crippen LogP contribution in [0.15, 0.2) is 24.3 Å². The second kappa shape index (κ2) is 8.99. The molecule has 8 nitrogen and oxygen atoms in total. The van der Waals surface area contributed by atoms with E-state index in [9.17, 15) is 19.4 Å². The van der Waals surface area contributed by atoms with E-state index in [1.165, 1.54) is 0 Å². The molecular weight excluding hydrogens is 313 g/mol. The van der Waals surface area contributed by atoms with Gasteiger partial charge in [-0.15, -0.1) is 4.67 Å². The van der Waals surface area contributed by atoms with Crippen molar-refractivity contribution in [1.82, 2.24) is 5.32 Å². The van der Waals surface area contributed by atoms with Gasteiger partial charge in [0.05, 0.1) is 13.2 Å². The van der Waals surface area contributed by atoms with E-state index in [2.05, 4.69) is 19.6 Å². The molecule has 2 atom stereocenters. The summed E-state index contributed by atoms with van der Waals surface area (Å²) in [5, 5.41) is 11.6. The summed E-state index contributed by atoms with van der Waals surface area (Å²) in [6.45, 7) is 3.22. The first kappa shape index (κ1) is 18.8. The quantitative estimate of drug-likeness (QED) is 0.202. The number of rotatable bonds is 9. The van der Waals surface area contributed by atoms with E-state index >= 15 is 0 Å². The monoisotopic (exact) mass is 333 g/mol. The minimum atomic E-state index is -4.49. The molecule has 3 N–H and O–H groups in total. The van der Waals surface area contributed by atoms with E-state index in [0.717, 1.165) is 11.1 Å². The summed E-state index contributed by atoms with van der Waals surface area (Å²) in [5.74, 6) is -2.63. The Hall–Kier alpha value is -1.28. The second-order valence-corrected chi connectivity index (χ2v) is 6.21. The van der Waals surface area contributed by atoms with E-state index in [4.69, 9.17) is 0 Å². The molecule has 124 valence electrons. The second-order valence-electron chi connectivity index (χ2n) is 4.45. The molecule has 0 spiro atoms. The van der Waals surface area contributed by atoms with Crippen LogP contribution in [0.4, 0.5) is 0 Å². The highest BCUT2D eigenvalue weighted by molar-refractivity contribution is 7.53. The van der Waals surface area contributed by atoms with Gasteiger partial charge in [-0.05, 0) is 19.4 Å². The lowest BCUT2D eigenvalue weighted by Gasteiger charge is -2.17. The van der Waals surface area contributed by atoms with Crippen molar-refractivity contribution in [2.24, 2.45) is 0 Å². The fourth-order valence-corrected chi connectivity index (χ4v) is 2.00. The number of ether oxygens (including phenoxy) is 1. The van der Waals surface area contributed by atoms with Gasteiger partial charge in [0.25, 0.3) is 0 Å². The van der Waals surface area contributed by atoms with Crippen molar-refractivity contribution in [3.63, 3.8) is 0 Å². The summed E-state index contributed by atoms with van der Waals surface area (Å²) in [4.78, 5) is 25.2. The zero-order valence-corrected chi connectivity index (χ0v) is 13.3. The Morgan fingerprint density at radius 3 is 2.59 bits per heavy atom. The molecule has 0 heterocycles. The highest BCUT2D eigenvalue weighted by Gasteiger charge is 2.32. The van der Waals surface area contributed by atoms with E-state index in [-0.39, 0.29) is 13.2 Å². The normalized spacial score (nSPS) is 15.1. The molecule has 0 radical (unpaired) electrons. The molecule has 0 aromatic heterocycles. The van der Waals surface area contributed by atoms with Gasteiger partial charge in [0.2, 0.25) is 5.97 Å². The summed E-state index contributed by atoms with van der Waals surface area (Å²) in [5.41, 5.74) is 1.80. The summed E-state index contributed by atoms with van der Waals surface area (Å²) in [6, 6.07) is 7.26. The number of benzene rings is 1. The van der Waals surface area contributed by atoms with Crippen molar-refractivity contribution in [2.75, 3.05) is 13.2 Å². The molecule has 0 aliphatic rings. The van der Waals surface area contributed by atoms with Gasteiger partial charge in [0.1, 0.15) is 6.61 Å². The number of aliphatic hydroxyl groups excluding tert-OH is 1. The van der Waals surface area contributed by atoms with Gasteiger partial charge in [0.15, 0.2) is 0 Å². The fourth-order valence-electron chi connectivity index (χ4n) is 1.40. The molecule has 0 aliphatic carbocycles. The third-order valence-electron chi connectivity index (χ3n) is 2.55.